The van der Waals surface area contributed by atoms with E-state index < -0.39 is 0 Å². The number of aryl methyl sites for hydroxylation is 1. The van der Waals surface area contributed by atoms with Crippen LogP contribution in [0, 0.1) is 0 Å². The molecule has 2 unspecified atom stereocenters. The van der Waals surface area contributed by atoms with Crippen LogP contribution in [-0.4, -0.2) is 39.8 Å². The van der Waals surface area contributed by atoms with Gasteiger partial charge in [0.2, 0.25) is 0 Å². The van der Waals surface area contributed by atoms with Gasteiger partial charge < -0.3 is 9.30 Å². The number of benzene rings is 1. The van der Waals surface area contributed by atoms with E-state index in [2.05, 4.69) is 35.1 Å². The maximum atomic E-state index is 5.85. The van der Waals surface area contributed by atoms with E-state index in [-0.39, 0.29) is 12.1 Å². The average molecular weight is 306 g/mol. The number of aromatic nitrogens is 2. The van der Waals surface area contributed by atoms with E-state index in [1.165, 1.54) is 5.52 Å². The largest absolute Gasteiger partial charge is 0.375 e. The molecule has 6 heteroatoms. The first-order chi connectivity index (χ1) is 10.3. The number of nitrogens with one attached hydrogen (secondary N) is 1. The monoisotopic (exact) mass is 306 g/mol. The van der Waals surface area contributed by atoms with Crippen molar-refractivity contribution in [1.82, 2.24) is 15.0 Å². The molecule has 0 aliphatic carbocycles. The number of ether oxygens (including phenoxy) is 1. The predicted molar refractivity (Wildman–Crippen MR) is 87.3 cm³/mol. The van der Waals surface area contributed by atoms with Crippen LogP contribution in [0.1, 0.15) is 12.7 Å². The molecule has 1 aliphatic rings. The zero-order valence-corrected chi connectivity index (χ0v) is 13.1. The third kappa shape index (κ3) is 3.08. The van der Waals surface area contributed by atoms with Crippen molar-refractivity contribution in [2.45, 2.75) is 32.0 Å². The molecule has 3 rings (SSSR count). The molecule has 2 heterocycles. The summed E-state index contributed by atoms with van der Waals surface area (Å²) in [6, 6.07) is 8.36. The van der Waals surface area contributed by atoms with E-state index in [4.69, 9.17) is 15.6 Å². The van der Waals surface area contributed by atoms with Gasteiger partial charge in [-0.05, 0) is 19.1 Å². The van der Waals surface area contributed by atoms with Crippen LogP contribution in [-0.2, 0) is 17.7 Å². The Morgan fingerprint density at radius 1 is 1.52 bits per heavy atom. The molecule has 2 aromatic rings. The SMILES string of the molecule is CCn1c(CC(NN)C2CSCCO2)nc2ccccc21. The lowest BCUT2D eigenvalue weighted by Gasteiger charge is -2.29. The van der Waals surface area contributed by atoms with Crippen LogP contribution in [0.25, 0.3) is 11.0 Å². The standard InChI is InChI=1S/C15H22N4OS/c1-2-19-13-6-4-3-5-11(13)17-15(19)9-12(18-16)14-10-21-8-7-20-14/h3-6,12,14,18H,2,7-10,16H2,1H3. The molecular formula is C15H22N4OS. The van der Waals surface area contributed by atoms with Crippen LogP contribution in [0.5, 0.6) is 0 Å². The topological polar surface area (TPSA) is 65.1 Å². The fourth-order valence-electron chi connectivity index (χ4n) is 2.87. The molecule has 1 saturated heterocycles. The lowest BCUT2D eigenvalue weighted by Crippen LogP contribution is -2.49. The first kappa shape index (κ1) is 14.8. The van der Waals surface area contributed by atoms with Gasteiger partial charge in [-0.25, -0.2) is 4.98 Å². The van der Waals surface area contributed by atoms with E-state index in [9.17, 15) is 0 Å². The van der Waals surface area contributed by atoms with Gasteiger partial charge in [-0.2, -0.15) is 11.8 Å². The van der Waals surface area contributed by atoms with Gasteiger partial charge >= 0.3 is 0 Å². The molecule has 5 nitrogen and oxygen atoms in total. The number of nitrogens with zero attached hydrogens (tertiary/aromatic N) is 2. The molecule has 0 saturated carbocycles. The number of hydrazine groups is 1. The summed E-state index contributed by atoms with van der Waals surface area (Å²) in [5, 5.41) is 0. The van der Waals surface area contributed by atoms with Gasteiger partial charge in [-0.3, -0.25) is 11.3 Å². The second-order valence-electron chi connectivity index (χ2n) is 5.22. The van der Waals surface area contributed by atoms with Crippen LogP contribution < -0.4 is 11.3 Å². The maximum Gasteiger partial charge on any atom is 0.111 e. The molecule has 0 spiro atoms. The molecule has 0 bridgehead atoms. The maximum absolute atomic E-state index is 5.85. The van der Waals surface area contributed by atoms with E-state index in [1.807, 2.05) is 17.8 Å². The molecule has 0 radical (unpaired) electrons. The van der Waals surface area contributed by atoms with Crippen molar-refractivity contribution in [3.8, 4) is 0 Å². The number of nitrogens with two attached hydrogens (primary N) is 1. The highest BCUT2D eigenvalue weighted by Crippen LogP contribution is 2.20. The molecule has 3 N–H and O–H groups in total. The summed E-state index contributed by atoms with van der Waals surface area (Å²) in [5.74, 6) is 8.89. The number of fused-ring (bicyclic) bond motifs is 1. The lowest BCUT2D eigenvalue weighted by molar-refractivity contribution is 0.0465. The van der Waals surface area contributed by atoms with Gasteiger partial charge in [-0.1, -0.05) is 12.1 Å². The van der Waals surface area contributed by atoms with Crippen molar-refractivity contribution in [3.63, 3.8) is 0 Å². The van der Waals surface area contributed by atoms with Crippen LogP contribution in [0.3, 0.4) is 0 Å². The van der Waals surface area contributed by atoms with E-state index in [1.54, 1.807) is 0 Å². The van der Waals surface area contributed by atoms with Gasteiger partial charge in [-0.15, -0.1) is 0 Å². The number of thioether (sulfide) groups is 1. The molecule has 2 atom stereocenters. The Kier molecular flexibility index (Phi) is 4.80. The average Bonchev–Trinajstić information content (AvgIpc) is 2.90. The first-order valence-corrected chi connectivity index (χ1v) is 8.58. The third-order valence-corrected chi connectivity index (χ3v) is 4.98. The van der Waals surface area contributed by atoms with Crippen LogP contribution in [0.2, 0.25) is 0 Å². The molecule has 1 aliphatic heterocycles. The lowest BCUT2D eigenvalue weighted by atomic mass is 10.1. The Morgan fingerprint density at radius 2 is 2.38 bits per heavy atom. The van der Waals surface area contributed by atoms with Crippen LogP contribution in [0.15, 0.2) is 24.3 Å². The van der Waals surface area contributed by atoms with Crippen molar-refractivity contribution in [1.29, 1.82) is 0 Å². The summed E-state index contributed by atoms with van der Waals surface area (Å²) in [6.45, 7) is 3.86. The minimum absolute atomic E-state index is 0.0971. The molecular weight excluding hydrogens is 284 g/mol. The minimum atomic E-state index is 0.0971. The number of hydrogen-bond acceptors (Lipinski definition) is 5. The van der Waals surface area contributed by atoms with Gasteiger partial charge in [0.25, 0.3) is 0 Å². The quantitative estimate of drug-likeness (QED) is 0.648. The second kappa shape index (κ2) is 6.79. The Hall–Kier alpha value is -1.08. The summed E-state index contributed by atoms with van der Waals surface area (Å²) >= 11 is 1.92. The first-order valence-electron chi connectivity index (χ1n) is 7.43. The van der Waals surface area contributed by atoms with Crippen LogP contribution >= 0.6 is 11.8 Å². The Labute approximate surface area is 129 Å². The summed E-state index contributed by atoms with van der Waals surface area (Å²) in [4.78, 5) is 4.77. The molecule has 1 aromatic carbocycles. The number of hydrogen-bond donors (Lipinski definition) is 2. The minimum Gasteiger partial charge on any atom is -0.375 e. The van der Waals surface area contributed by atoms with Crippen molar-refractivity contribution in [3.05, 3.63) is 30.1 Å². The molecule has 114 valence electrons. The van der Waals surface area contributed by atoms with E-state index >= 15 is 0 Å². The highest BCUT2D eigenvalue weighted by Gasteiger charge is 2.26. The zero-order chi connectivity index (χ0) is 14.7. The highest BCUT2D eigenvalue weighted by atomic mass is 32.2. The second-order valence-corrected chi connectivity index (χ2v) is 6.37. The fourth-order valence-corrected chi connectivity index (χ4v) is 3.81. The van der Waals surface area contributed by atoms with Crippen molar-refractivity contribution >= 4 is 22.8 Å². The molecule has 1 fully saturated rings. The molecule has 0 amide bonds. The van der Waals surface area contributed by atoms with Crippen LogP contribution in [0.4, 0.5) is 0 Å². The van der Waals surface area contributed by atoms with Gasteiger partial charge in [0, 0.05) is 24.5 Å². The number of rotatable bonds is 5. The van der Waals surface area contributed by atoms with Crippen molar-refractivity contribution in [2.24, 2.45) is 5.84 Å². The van der Waals surface area contributed by atoms with Crippen molar-refractivity contribution < 1.29 is 4.74 Å². The van der Waals surface area contributed by atoms with Gasteiger partial charge in [0.05, 0.1) is 29.8 Å². The Morgan fingerprint density at radius 3 is 3.10 bits per heavy atom. The smallest absolute Gasteiger partial charge is 0.111 e. The van der Waals surface area contributed by atoms with E-state index in [0.29, 0.717) is 0 Å². The summed E-state index contributed by atoms with van der Waals surface area (Å²) in [5.41, 5.74) is 5.15. The number of imidazole rings is 1. The van der Waals surface area contributed by atoms with Crippen molar-refractivity contribution in [2.75, 3.05) is 18.1 Å². The highest BCUT2D eigenvalue weighted by molar-refractivity contribution is 7.99. The zero-order valence-electron chi connectivity index (χ0n) is 12.3. The fraction of sp³-hybridized carbons (Fsp3) is 0.533. The Bertz CT molecular complexity index is 594. The number of para-hydroxylation sites is 2. The summed E-state index contributed by atoms with van der Waals surface area (Å²) in [6.07, 6.45) is 0.934. The molecule has 21 heavy (non-hydrogen) atoms. The normalized spacial score (nSPS) is 20.8. The molecule has 1 aromatic heterocycles. The summed E-state index contributed by atoms with van der Waals surface area (Å²) < 4.78 is 8.11. The van der Waals surface area contributed by atoms with Gasteiger partial charge in [0.15, 0.2) is 0 Å². The van der Waals surface area contributed by atoms with E-state index in [0.717, 1.165) is 42.4 Å². The Balaban J connectivity index is 1.85. The summed E-state index contributed by atoms with van der Waals surface area (Å²) in [7, 11) is 0. The predicted octanol–water partition coefficient (Wildman–Crippen LogP) is 1.56. The van der Waals surface area contributed by atoms with Gasteiger partial charge in [0.1, 0.15) is 5.82 Å². The third-order valence-electron chi connectivity index (χ3n) is 3.96.